The summed E-state index contributed by atoms with van der Waals surface area (Å²) in [5.41, 5.74) is 0. The van der Waals surface area contributed by atoms with E-state index in [0.29, 0.717) is 25.0 Å². The normalized spacial score (nSPS) is 25.8. The van der Waals surface area contributed by atoms with Gasteiger partial charge in [0.05, 0.1) is 13.2 Å². The van der Waals surface area contributed by atoms with Crippen LogP contribution in [0.1, 0.15) is 20.3 Å². The zero-order valence-electron chi connectivity index (χ0n) is 10.6. The summed E-state index contributed by atoms with van der Waals surface area (Å²) >= 11 is 0. The van der Waals surface area contributed by atoms with Crippen molar-refractivity contribution in [3.8, 4) is 0 Å². The standard InChI is InChI=1S/C12H23NO3/c1-10-6-11(2)8-13(7-10)12(14)9-16-5-4-15-3/h10-11H,4-9H2,1-3H3. The number of methoxy groups -OCH3 is 1. The highest BCUT2D eigenvalue weighted by Gasteiger charge is 2.24. The quantitative estimate of drug-likeness (QED) is 0.664. The minimum atomic E-state index is 0.106. The molecule has 2 atom stereocenters. The summed E-state index contributed by atoms with van der Waals surface area (Å²) in [5, 5.41) is 0. The first kappa shape index (κ1) is 13.5. The fraction of sp³-hybridized carbons (Fsp3) is 0.917. The molecule has 0 aromatic heterocycles. The third-order valence-electron chi connectivity index (χ3n) is 2.88. The van der Waals surface area contributed by atoms with Crippen LogP contribution in [-0.2, 0) is 14.3 Å². The maximum atomic E-state index is 11.8. The van der Waals surface area contributed by atoms with E-state index in [2.05, 4.69) is 13.8 Å². The molecule has 1 saturated heterocycles. The average Bonchev–Trinajstić information content (AvgIpc) is 2.22. The third-order valence-corrected chi connectivity index (χ3v) is 2.88. The molecule has 1 aliphatic rings. The highest BCUT2D eigenvalue weighted by atomic mass is 16.5. The molecule has 1 fully saturated rings. The van der Waals surface area contributed by atoms with Crippen LogP contribution in [0.25, 0.3) is 0 Å². The van der Waals surface area contributed by atoms with Gasteiger partial charge in [0.1, 0.15) is 6.61 Å². The van der Waals surface area contributed by atoms with Crippen LogP contribution in [0.2, 0.25) is 0 Å². The molecule has 0 spiro atoms. The smallest absolute Gasteiger partial charge is 0.248 e. The van der Waals surface area contributed by atoms with Gasteiger partial charge in [-0.1, -0.05) is 13.8 Å². The number of hydrogen-bond acceptors (Lipinski definition) is 3. The van der Waals surface area contributed by atoms with Crippen LogP contribution >= 0.6 is 0 Å². The van der Waals surface area contributed by atoms with E-state index >= 15 is 0 Å². The Hall–Kier alpha value is -0.610. The van der Waals surface area contributed by atoms with E-state index in [0.717, 1.165) is 13.1 Å². The number of nitrogens with zero attached hydrogens (tertiary/aromatic N) is 1. The van der Waals surface area contributed by atoms with Crippen molar-refractivity contribution >= 4 is 5.91 Å². The molecular formula is C12H23NO3. The van der Waals surface area contributed by atoms with Crippen LogP contribution in [0.5, 0.6) is 0 Å². The average molecular weight is 229 g/mol. The zero-order chi connectivity index (χ0) is 12.0. The van der Waals surface area contributed by atoms with Crippen LogP contribution in [0.4, 0.5) is 0 Å². The molecule has 0 N–H and O–H groups in total. The van der Waals surface area contributed by atoms with Crippen LogP contribution in [0, 0.1) is 11.8 Å². The predicted octanol–water partition coefficient (Wildman–Crippen LogP) is 1.15. The second kappa shape index (κ2) is 6.86. The molecule has 4 heteroatoms. The van der Waals surface area contributed by atoms with Crippen molar-refractivity contribution in [1.29, 1.82) is 0 Å². The van der Waals surface area contributed by atoms with Gasteiger partial charge in [0.25, 0.3) is 0 Å². The number of ether oxygens (including phenoxy) is 2. The number of carbonyl (C=O) groups excluding carboxylic acids is 1. The molecule has 0 aromatic rings. The van der Waals surface area contributed by atoms with E-state index in [4.69, 9.17) is 9.47 Å². The summed E-state index contributed by atoms with van der Waals surface area (Å²) in [6, 6.07) is 0. The highest BCUT2D eigenvalue weighted by molar-refractivity contribution is 5.77. The Bertz CT molecular complexity index is 210. The van der Waals surface area contributed by atoms with Crippen molar-refractivity contribution < 1.29 is 14.3 Å². The van der Waals surface area contributed by atoms with Gasteiger partial charge in [0.15, 0.2) is 0 Å². The Morgan fingerprint density at radius 3 is 2.44 bits per heavy atom. The Kier molecular flexibility index (Phi) is 5.77. The van der Waals surface area contributed by atoms with Gasteiger partial charge in [-0.2, -0.15) is 0 Å². The molecule has 94 valence electrons. The second-order valence-electron chi connectivity index (χ2n) is 4.79. The summed E-state index contributed by atoms with van der Waals surface area (Å²) in [6.07, 6.45) is 1.22. The van der Waals surface area contributed by atoms with Crippen molar-refractivity contribution in [3.63, 3.8) is 0 Å². The van der Waals surface area contributed by atoms with Crippen molar-refractivity contribution in [2.75, 3.05) is 40.0 Å². The number of hydrogen-bond donors (Lipinski definition) is 0. The molecule has 16 heavy (non-hydrogen) atoms. The summed E-state index contributed by atoms with van der Waals surface area (Å²) in [6.45, 7) is 7.35. The molecule has 1 rings (SSSR count). The molecular weight excluding hydrogens is 206 g/mol. The maximum absolute atomic E-state index is 11.8. The molecule has 0 saturated carbocycles. The lowest BCUT2D eigenvalue weighted by molar-refractivity contribution is -0.139. The number of carbonyl (C=O) groups is 1. The Morgan fingerprint density at radius 1 is 1.25 bits per heavy atom. The zero-order valence-corrected chi connectivity index (χ0v) is 10.6. The molecule has 0 aliphatic carbocycles. The molecule has 1 heterocycles. The van der Waals surface area contributed by atoms with E-state index in [1.807, 2.05) is 4.90 Å². The lowest BCUT2D eigenvalue weighted by Gasteiger charge is -2.34. The number of likely N-dealkylation sites (tertiary alicyclic amines) is 1. The van der Waals surface area contributed by atoms with Gasteiger partial charge < -0.3 is 14.4 Å². The van der Waals surface area contributed by atoms with Crippen molar-refractivity contribution in [2.45, 2.75) is 20.3 Å². The number of amides is 1. The minimum Gasteiger partial charge on any atom is -0.382 e. The molecule has 4 nitrogen and oxygen atoms in total. The molecule has 1 aliphatic heterocycles. The first-order valence-electron chi connectivity index (χ1n) is 5.98. The van der Waals surface area contributed by atoms with E-state index in [1.54, 1.807) is 7.11 Å². The maximum Gasteiger partial charge on any atom is 0.248 e. The number of rotatable bonds is 5. The Balaban J connectivity index is 2.24. The largest absolute Gasteiger partial charge is 0.382 e. The molecule has 1 amide bonds. The first-order chi connectivity index (χ1) is 7.63. The van der Waals surface area contributed by atoms with Crippen LogP contribution in [-0.4, -0.2) is 50.8 Å². The van der Waals surface area contributed by atoms with Crippen LogP contribution in [0.15, 0.2) is 0 Å². The van der Waals surface area contributed by atoms with E-state index < -0.39 is 0 Å². The van der Waals surface area contributed by atoms with E-state index in [9.17, 15) is 4.79 Å². The minimum absolute atomic E-state index is 0.106. The monoisotopic (exact) mass is 229 g/mol. The fourth-order valence-corrected chi connectivity index (χ4v) is 2.26. The number of piperidine rings is 1. The molecule has 0 radical (unpaired) electrons. The summed E-state index contributed by atoms with van der Waals surface area (Å²) in [7, 11) is 1.62. The van der Waals surface area contributed by atoms with Crippen LogP contribution in [0.3, 0.4) is 0 Å². The van der Waals surface area contributed by atoms with Crippen molar-refractivity contribution in [2.24, 2.45) is 11.8 Å². The SMILES string of the molecule is COCCOCC(=O)N1CC(C)CC(C)C1. The van der Waals surface area contributed by atoms with Gasteiger partial charge in [-0.25, -0.2) is 0 Å². The Labute approximate surface area is 97.9 Å². The molecule has 0 aromatic carbocycles. The Morgan fingerprint density at radius 2 is 1.88 bits per heavy atom. The lowest BCUT2D eigenvalue weighted by Crippen LogP contribution is -2.44. The summed E-state index contributed by atoms with van der Waals surface area (Å²) < 4.78 is 10.1. The van der Waals surface area contributed by atoms with E-state index in [1.165, 1.54) is 6.42 Å². The summed E-state index contributed by atoms with van der Waals surface area (Å²) in [5.74, 6) is 1.31. The van der Waals surface area contributed by atoms with Gasteiger partial charge in [-0.3, -0.25) is 4.79 Å². The predicted molar refractivity (Wildman–Crippen MR) is 62.2 cm³/mol. The molecule has 0 bridgehead atoms. The van der Waals surface area contributed by atoms with Gasteiger partial charge in [0, 0.05) is 20.2 Å². The second-order valence-corrected chi connectivity index (χ2v) is 4.79. The topological polar surface area (TPSA) is 38.8 Å². The summed E-state index contributed by atoms with van der Waals surface area (Å²) in [4.78, 5) is 13.7. The third kappa shape index (κ3) is 4.49. The first-order valence-corrected chi connectivity index (χ1v) is 5.98. The van der Waals surface area contributed by atoms with E-state index in [-0.39, 0.29) is 12.5 Å². The fourth-order valence-electron chi connectivity index (χ4n) is 2.26. The van der Waals surface area contributed by atoms with Crippen LogP contribution < -0.4 is 0 Å². The van der Waals surface area contributed by atoms with Gasteiger partial charge in [-0.05, 0) is 18.3 Å². The van der Waals surface area contributed by atoms with Gasteiger partial charge in [0.2, 0.25) is 5.91 Å². The highest BCUT2D eigenvalue weighted by Crippen LogP contribution is 2.20. The van der Waals surface area contributed by atoms with Crippen molar-refractivity contribution in [3.05, 3.63) is 0 Å². The van der Waals surface area contributed by atoms with Gasteiger partial charge >= 0.3 is 0 Å². The van der Waals surface area contributed by atoms with Crippen molar-refractivity contribution in [1.82, 2.24) is 4.90 Å². The lowest BCUT2D eigenvalue weighted by atomic mass is 9.92. The van der Waals surface area contributed by atoms with Gasteiger partial charge in [-0.15, -0.1) is 0 Å². The molecule has 2 unspecified atom stereocenters.